The normalized spacial score (nSPS) is 10.3. The molecule has 1 amide bonds. The van der Waals surface area contributed by atoms with Gasteiger partial charge in [-0.05, 0) is 24.3 Å². The van der Waals surface area contributed by atoms with E-state index in [4.69, 9.17) is 11.6 Å². The van der Waals surface area contributed by atoms with Crippen LogP contribution >= 0.6 is 22.9 Å². The Morgan fingerprint density at radius 2 is 2.21 bits per heavy atom. The Morgan fingerprint density at radius 1 is 1.42 bits per heavy atom. The van der Waals surface area contributed by atoms with E-state index in [2.05, 4.69) is 10.3 Å². The number of aromatic nitrogens is 1. The van der Waals surface area contributed by atoms with Crippen LogP contribution in [0.4, 0.5) is 5.82 Å². The molecule has 0 spiro atoms. The van der Waals surface area contributed by atoms with Crippen molar-refractivity contribution in [2.75, 3.05) is 19.4 Å². The van der Waals surface area contributed by atoms with Crippen LogP contribution < -0.4 is 5.32 Å². The predicted octanol–water partition coefficient (Wildman–Crippen LogP) is 3.11. The lowest BCUT2D eigenvalue weighted by atomic mass is 10.2. The number of halogens is 1. The van der Waals surface area contributed by atoms with Gasteiger partial charge in [0.25, 0.3) is 5.91 Å². The number of anilines is 1. The van der Waals surface area contributed by atoms with Crippen LogP contribution in [0, 0.1) is 0 Å². The van der Waals surface area contributed by atoms with Gasteiger partial charge in [0.15, 0.2) is 0 Å². The van der Waals surface area contributed by atoms with Gasteiger partial charge in [0.2, 0.25) is 0 Å². The van der Waals surface area contributed by atoms with E-state index >= 15 is 0 Å². The van der Waals surface area contributed by atoms with Crippen molar-refractivity contribution >= 4 is 34.7 Å². The molecular weight excluding hydrogens is 282 g/mol. The number of nitrogens with one attached hydrogen (secondary N) is 1. The molecule has 0 aliphatic heterocycles. The first kappa shape index (κ1) is 13.8. The maximum atomic E-state index is 12.2. The van der Waals surface area contributed by atoms with E-state index in [-0.39, 0.29) is 5.91 Å². The van der Waals surface area contributed by atoms with Crippen LogP contribution in [0.15, 0.2) is 30.5 Å². The van der Waals surface area contributed by atoms with Crippen LogP contribution in [-0.2, 0) is 6.54 Å². The Morgan fingerprint density at radius 3 is 2.74 bits per heavy atom. The SMILES string of the molecule is CNc1ccc(C(=O)N(C)Cc2ccc(Cl)s2)cn1. The molecule has 0 radical (unpaired) electrons. The van der Waals surface area contributed by atoms with Crippen molar-refractivity contribution < 1.29 is 4.79 Å². The van der Waals surface area contributed by atoms with Crippen molar-refractivity contribution in [2.24, 2.45) is 0 Å². The van der Waals surface area contributed by atoms with E-state index < -0.39 is 0 Å². The Balaban J connectivity index is 2.05. The summed E-state index contributed by atoms with van der Waals surface area (Å²) in [5, 5.41) is 2.92. The zero-order valence-corrected chi connectivity index (χ0v) is 12.3. The molecule has 0 saturated carbocycles. The van der Waals surface area contributed by atoms with Gasteiger partial charge in [-0.1, -0.05) is 11.6 Å². The second kappa shape index (κ2) is 6.04. The van der Waals surface area contributed by atoms with E-state index in [1.807, 2.05) is 12.1 Å². The zero-order chi connectivity index (χ0) is 13.8. The molecule has 0 aliphatic carbocycles. The van der Waals surface area contributed by atoms with Crippen molar-refractivity contribution in [3.8, 4) is 0 Å². The molecule has 0 aliphatic rings. The molecule has 2 rings (SSSR count). The van der Waals surface area contributed by atoms with Crippen LogP contribution in [0.2, 0.25) is 4.34 Å². The molecule has 2 heterocycles. The molecule has 0 atom stereocenters. The number of hydrogen-bond acceptors (Lipinski definition) is 4. The Labute approximate surface area is 121 Å². The minimum atomic E-state index is -0.0559. The topological polar surface area (TPSA) is 45.2 Å². The number of carbonyl (C=O) groups is 1. The molecule has 0 fully saturated rings. The van der Waals surface area contributed by atoms with Gasteiger partial charge >= 0.3 is 0 Å². The number of hydrogen-bond donors (Lipinski definition) is 1. The molecule has 2 aromatic heterocycles. The maximum Gasteiger partial charge on any atom is 0.255 e. The average Bonchev–Trinajstić information content (AvgIpc) is 2.83. The predicted molar refractivity (Wildman–Crippen MR) is 78.9 cm³/mol. The van der Waals surface area contributed by atoms with Gasteiger partial charge in [0, 0.05) is 25.2 Å². The molecular formula is C13H14ClN3OS. The van der Waals surface area contributed by atoms with E-state index in [0.29, 0.717) is 12.1 Å². The monoisotopic (exact) mass is 295 g/mol. The van der Waals surface area contributed by atoms with Gasteiger partial charge < -0.3 is 10.2 Å². The summed E-state index contributed by atoms with van der Waals surface area (Å²) >= 11 is 7.35. The highest BCUT2D eigenvalue weighted by atomic mass is 35.5. The summed E-state index contributed by atoms with van der Waals surface area (Å²) in [7, 11) is 3.55. The first-order chi connectivity index (χ1) is 9.10. The van der Waals surface area contributed by atoms with Crippen LogP contribution in [0.25, 0.3) is 0 Å². The van der Waals surface area contributed by atoms with Crippen LogP contribution in [0.1, 0.15) is 15.2 Å². The number of thiophene rings is 1. The lowest BCUT2D eigenvalue weighted by Crippen LogP contribution is -2.25. The van der Waals surface area contributed by atoms with Crippen LogP contribution in [-0.4, -0.2) is 29.9 Å². The minimum Gasteiger partial charge on any atom is -0.373 e. The summed E-state index contributed by atoms with van der Waals surface area (Å²) in [6.45, 7) is 0.546. The molecule has 6 heteroatoms. The summed E-state index contributed by atoms with van der Waals surface area (Å²) in [5.74, 6) is 0.684. The van der Waals surface area contributed by atoms with Gasteiger partial charge in [-0.15, -0.1) is 11.3 Å². The first-order valence-electron chi connectivity index (χ1n) is 5.73. The Bertz CT molecular complexity index is 568. The van der Waals surface area contributed by atoms with Gasteiger partial charge in [0.05, 0.1) is 16.4 Å². The molecule has 0 saturated heterocycles. The second-order valence-electron chi connectivity index (χ2n) is 4.05. The van der Waals surface area contributed by atoms with E-state index in [1.165, 1.54) is 11.3 Å². The third-order valence-electron chi connectivity index (χ3n) is 2.64. The Hall–Kier alpha value is -1.59. The van der Waals surface area contributed by atoms with Gasteiger partial charge in [-0.25, -0.2) is 4.98 Å². The molecule has 1 N–H and O–H groups in total. The maximum absolute atomic E-state index is 12.2. The number of rotatable bonds is 4. The second-order valence-corrected chi connectivity index (χ2v) is 5.85. The smallest absolute Gasteiger partial charge is 0.255 e. The van der Waals surface area contributed by atoms with Gasteiger partial charge in [-0.3, -0.25) is 4.79 Å². The summed E-state index contributed by atoms with van der Waals surface area (Å²) in [4.78, 5) is 19.0. The van der Waals surface area contributed by atoms with Crippen LogP contribution in [0.3, 0.4) is 0 Å². The summed E-state index contributed by atoms with van der Waals surface area (Å²) in [6, 6.07) is 7.31. The third kappa shape index (κ3) is 3.45. The summed E-state index contributed by atoms with van der Waals surface area (Å²) in [5.41, 5.74) is 0.573. The number of carbonyl (C=O) groups excluding carboxylic acids is 1. The van der Waals surface area contributed by atoms with Crippen LogP contribution in [0.5, 0.6) is 0 Å². The Kier molecular flexibility index (Phi) is 4.39. The lowest BCUT2D eigenvalue weighted by molar-refractivity contribution is 0.0786. The van der Waals surface area contributed by atoms with E-state index in [9.17, 15) is 4.79 Å². The zero-order valence-electron chi connectivity index (χ0n) is 10.7. The summed E-state index contributed by atoms with van der Waals surface area (Å²) in [6.07, 6.45) is 1.58. The number of amides is 1. The lowest BCUT2D eigenvalue weighted by Gasteiger charge is -2.16. The minimum absolute atomic E-state index is 0.0559. The average molecular weight is 296 g/mol. The fourth-order valence-corrected chi connectivity index (χ4v) is 2.77. The highest BCUT2D eigenvalue weighted by molar-refractivity contribution is 7.16. The quantitative estimate of drug-likeness (QED) is 0.942. The summed E-state index contributed by atoms with van der Waals surface area (Å²) < 4.78 is 0.732. The molecule has 19 heavy (non-hydrogen) atoms. The van der Waals surface area contributed by atoms with Gasteiger partial charge in [-0.2, -0.15) is 0 Å². The standard InChI is InChI=1S/C13H14ClN3OS/c1-15-12-6-3-9(7-16-12)13(18)17(2)8-10-4-5-11(14)19-10/h3-7H,8H2,1-2H3,(H,15,16). The fraction of sp³-hybridized carbons (Fsp3) is 0.231. The highest BCUT2D eigenvalue weighted by Gasteiger charge is 2.13. The van der Waals surface area contributed by atoms with E-state index in [0.717, 1.165) is 15.0 Å². The first-order valence-corrected chi connectivity index (χ1v) is 6.93. The van der Waals surface area contributed by atoms with Crippen molar-refractivity contribution in [3.63, 3.8) is 0 Å². The third-order valence-corrected chi connectivity index (χ3v) is 3.85. The van der Waals surface area contributed by atoms with Crippen molar-refractivity contribution in [3.05, 3.63) is 45.2 Å². The van der Waals surface area contributed by atoms with Crippen molar-refractivity contribution in [1.82, 2.24) is 9.88 Å². The highest BCUT2D eigenvalue weighted by Crippen LogP contribution is 2.22. The molecule has 100 valence electrons. The molecule has 2 aromatic rings. The van der Waals surface area contributed by atoms with Crippen molar-refractivity contribution in [1.29, 1.82) is 0 Å². The molecule has 0 unspecified atom stereocenters. The molecule has 4 nitrogen and oxygen atoms in total. The fourth-order valence-electron chi connectivity index (χ4n) is 1.63. The molecule has 0 bridgehead atoms. The number of nitrogens with zero attached hydrogens (tertiary/aromatic N) is 2. The van der Waals surface area contributed by atoms with E-state index in [1.54, 1.807) is 37.3 Å². The largest absolute Gasteiger partial charge is 0.373 e. The number of pyridine rings is 1. The van der Waals surface area contributed by atoms with Crippen molar-refractivity contribution in [2.45, 2.75) is 6.54 Å². The van der Waals surface area contributed by atoms with Gasteiger partial charge in [0.1, 0.15) is 5.82 Å². The molecule has 0 aromatic carbocycles.